The maximum Gasteiger partial charge on any atom is 0.348 e. The molecule has 0 fully saturated rings. The number of carbonyl (C=O) groups excluding carboxylic acids is 1. The van der Waals surface area contributed by atoms with E-state index >= 15 is 0 Å². The van der Waals surface area contributed by atoms with Crippen molar-refractivity contribution in [2.75, 3.05) is 20.3 Å². The predicted octanol–water partition coefficient (Wildman–Crippen LogP) is 2.07. The monoisotopic (exact) mass is 532 g/mol. The number of hydrogen-bond acceptors (Lipinski definition) is 9. The molecular weight excluding hydrogens is 499 g/mol. The first kappa shape index (κ1) is 30.2. The van der Waals surface area contributed by atoms with Gasteiger partial charge in [-0.3, -0.25) is 9.59 Å². The molecule has 0 aliphatic rings. The number of benzene rings is 1. The maximum atomic E-state index is 14.2. The van der Waals surface area contributed by atoms with Crippen molar-refractivity contribution in [2.45, 2.75) is 65.8 Å². The van der Waals surface area contributed by atoms with Crippen LogP contribution in [0.25, 0.3) is 0 Å². The molecule has 1 heterocycles. The maximum absolute atomic E-state index is 14.2. The molecule has 38 heavy (non-hydrogen) atoms. The average molecular weight is 533 g/mol. The Hall–Kier alpha value is -4.05. The zero-order valence-electron chi connectivity index (χ0n) is 22.4. The number of nitrogens with one attached hydrogen (secondary N) is 1. The van der Waals surface area contributed by atoms with Crippen LogP contribution in [0.15, 0.2) is 32.9 Å². The number of halogens is 1. The first-order valence-electron chi connectivity index (χ1n) is 12.1. The summed E-state index contributed by atoms with van der Waals surface area (Å²) in [5, 5.41) is 19.7. The van der Waals surface area contributed by atoms with Gasteiger partial charge >= 0.3 is 5.69 Å². The second-order valence-corrected chi connectivity index (χ2v) is 8.58. The predicted molar refractivity (Wildman–Crippen MR) is 136 cm³/mol. The van der Waals surface area contributed by atoms with Crippen LogP contribution in [-0.4, -0.2) is 52.3 Å². The molecule has 0 saturated heterocycles. The van der Waals surface area contributed by atoms with E-state index in [1.807, 2.05) is 6.07 Å². The number of carbonyl (C=O) groups is 1. The number of methoxy groups -OCH3 is 1. The number of amides is 1. The molecule has 2 aromatic rings. The minimum atomic E-state index is -1.19. The third-order valence-electron chi connectivity index (χ3n) is 5.35. The standard InChI is InChI=1S/C25H33FN6O6/c1-7-38-30-16(4)22-24(34)32(17(5)23(33)28-15(2)3)25(35)31(29-22)14-21(37-12-8-11-27)19-13-18(26)9-10-20(19)36-6/h9-10,13,15,17,21H,7-8,12,14H2,1-6H3,(H,28,33)/b30-16+. The summed E-state index contributed by atoms with van der Waals surface area (Å²) >= 11 is 0. The molecule has 2 rings (SSSR count). The van der Waals surface area contributed by atoms with Gasteiger partial charge in [-0.1, -0.05) is 5.16 Å². The summed E-state index contributed by atoms with van der Waals surface area (Å²) in [5.41, 5.74) is -1.59. The van der Waals surface area contributed by atoms with Crippen LogP contribution in [0.2, 0.25) is 0 Å². The minimum Gasteiger partial charge on any atom is -0.496 e. The Labute approximate surface area is 219 Å². The number of hydrogen-bond donors (Lipinski definition) is 1. The molecule has 0 bridgehead atoms. The molecule has 1 amide bonds. The second-order valence-electron chi connectivity index (χ2n) is 8.58. The van der Waals surface area contributed by atoms with E-state index in [4.69, 9.17) is 19.6 Å². The highest BCUT2D eigenvalue weighted by molar-refractivity contribution is 5.96. The molecule has 0 spiro atoms. The Morgan fingerprint density at radius 3 is 2.61 bits per heavy atom. The summed E-state index contributed by atoms with van der Waals surface area (Å²) in [6.07, 6.45) is -0.963. The molecule has 0 aliphatic carbocycles. The van der Waals surface area contributed by atoms with Gasteiger partial charge in [0.15, 0.2) is 5.69 Å². The van der Waals surface area contributed by atoms with Gasteiger partial charge in [-0.05, 0) is 52.8 Å². The van der Waals surface area contributed by atoms with E-state index in [0.29, 0.717) is 0 Å². The second kappa shape index (κ2) is 14.0. The van der Waals surface area contributed by atoms with Crippen LogP contribution in [0.3, 0.4) is 0 Å². The van der Waals surface area contributed by atoms with Crippen molar-refractivity contribution in [3.8, 4) is 11.8 Å². The van der Waals surface area contributed by atoms with Gasteiger partial charge in [0.05, 0.1) is 32.8 Å². The highest BCUT2D eigenvalue weighted by Gasteiger charge is 2.27. The van der Waals surface area contributed by atoms with Gasteiger partial charge in [-0.15, -0.1) is 0 Å². The van der Waals surface area contributed by atoms with Gasteiger partial charge in [0.2, 0.25) is 5.91 Å². The van der Waals surface area contributed by atoms with Crippen molar-refractivity contribution >= 4 is 11.6 Å². The summed E-state index contributed by atoms with van der Waals surface area (Å²) in [4.78, 5) is 44.7. The highest BCUT2D eigenvalue weighted by Crippen LogP contribution is 2.29. The van der Waals surface area contributed by atoms with E-state index in [2.05, 4.69) is 15.6 Å². The number of aromatic nitrogens is 3. The van der Waals surface area contributed by atoms with Crippen LogP contribution in [-0.2, 0) is 20.9 Å². The fourth-order valence-corrected chi connectivity index (χ4v) is 3.55. The lowest BCUT2D eigenvalue weighted by molar-refractivity contribution is -0.124. The topological polar surface area (TPSA) is 150 Å². The van der Waals surface area contributed by atoms with Crippen LogP contribution in [0, 0.1) is 17.1 Å². The van der Waals surface area contributed by atoms with Crippen LogP contribution in [0.1, 0.15) is 64.4 Å². The Kier molecular flexibility index (Phi) is 11.1. The van der Waals surface area contributed by atoms with Crippen LogP contribution in [0.4, 0.5) is 4.39 Å². The average Bonchev–Trinajstić information content (AvgIpc) is 2.87. The van der Waals surface area contributed by atoms with Gasteiger partial charge in [0.1, 0.15) is 36.0 Å². The Balaban J connectivity index is 2.74. The van der Waals surface area contributed by atoms with E-state index < -0.39 is 35.1 Å². The molecule has 13 heteroatoms. The third-order valence-corrected chi connectivity index (χ3v) is 5.35. The molecular formula is C25H33FN6O6. The fraction of sp³-hybridized carbons (Fsp3) is 0.520. The number of rotatable bonds is 13. The van der Waals surface area contributed by atoms with E-state index in [-0.39, 0.29) is 54.9 Å². The van der Waals surface area contributed by atoms with Gasteiger partial charge in [-0.25, -0.2) is 18.4 Å². The van der Waals surface area contributed by atoms with Crippen LogP contribution in [0.5, 0.6) is 5.75 Å². The first-order chi connectivity index (χ1) is 18.0. The SMILES string of the molecule is CCO/N=C(\C)c1nn(CC(OCCC#N)c2cc(F)ccc2OC)c(=O)n(C(C)C(=O)NC(C)C)c1=O. The molecule has 2 atom stereocenters. The van der Waals surface area contributed by atoms with Crippen molar-refractivity contribution < 1.29 is 23.5 Å². The van der Waals surface area contributed by atoms with E-state index in [1.54, 1.807) is 20.8 Å². The number of ether oxygens (including phenoxy) is 2. The highest BCUT2D eigenvalue weighted by atomic mass is 19.1. The zero-order chi connectivity index (χ0) is 28.4. The molecule has 1 aromatic heterocycles. The molecule has 12 nitrogen and oxygen atoms in total. The lowest BCUT2D eigenvalue weighted by Gasteiger charge is -2.22. The molecule has 1 N–H and O–H groups in total. The minimum absolute atomic E-state index is 0.0277. The summed E-state index contributed by atoms with van der Waals surface area (Å²) in [5.74, 6) is -0.830. The van der Waals surface area contributed by atoms with Crippen molar-refractivity contribution in [1.82, 2.24) is 19.7 Å². The summed E-state index contributed by atoms with van der Waals surface area (Å²) in [6.45, 7) is 8.01. The number of nitriles is 1. The van der Waals surface area contributed by atoms with Crippen molar-refractivity contribution in [2.24, 2.45) is 5.16 Å². The Morgan fingerprint density at radius 1 is 1.29 bits per heavy atom. The zero-order valence-corrected chi connectivity index (χ0v) is 22.4. The summed E-state index contributed by atoms with van der Waals surface area (Å²) < 4.78 is 27.1. The van der Waals surface area contributed by atoms with Crippen molar-refractivity contribution in [3.63, 3.8) is 0 Å². The quantitative estimate of drug-likeness (QED) is 0.234. The third kappa shape index (κ3) is 7.48. The van der Waals surface area contributed by atoms with E-state index in [1.165, 1.54) is 39.2 Å². The van der Waals surface area contributed by atoms with Gasteiger partial charge in [0.25, 0.3) is 5.56 Å². The lowest BCUT2D eigenvalue weighted by Crippen LogP contribution is -2.50. The molecule has 206 valence electrons. The van der Waals surface area contributed by atoms with E-state index in [0.717, 1.165) is 9.25 Å². The van der Waals surface area contributed by atoms with Crippen molar-refractivity contribution in [3.05, 3.63) is 56.1 Å². The van der Waals surface area contributed by atoms with Gasteiger partial charge in [-0.2, -0.15) is 10.4 Å². The molecule has 0 aliphatic heterocycles. The van der Waals surface area contributed by atoms with Crippen LogP contribution >= 0.6 is 0 Å². The normalized spacial score (nSPS) is 13.1. The first-order valence-corrected chi connectivity index (χ1v) is 12.1. The molecule has 0 saturated carbocycles. The van der Waals surface area contributed by atoms with Gasteiger partial charge in [0, 0.05) is 11.6 Å². The van der Waals surface area contributed by atoms with E-state index in [9.17, 15) is 18.8 Å². The summed E-state index contributed by atoms with van der Waals surface area (Å²) in [6, 6.07) is 4.35. The fourth-order valence-electron chi connectivity index (χ4n) is 3.55. The number of nitrogens with zero attached hydrogens (tertiary/aromatic N) is 5. The van der Waals surface area contributed by atoms with Crippen molar-refractivity contribution in [1.29, 1.82) is 5.26 Å². The Bertz CT molecular complexity index is 1310. The van der Waals surface area contributed by atoms with Crippen LogP contribution < -0.4 is 21.3 Å². The molecule has 2 unspecified atom stereocenters. The smallest absolute Gasteiger partial charge is 0.348 e. The van der Waals surface area contributed by atoms with Gasteiger partial charge < -0.3 is 19.6 Å². The molecule has 0 radical (unpaired) electrons. The molecule has 1 aromatic carbocycles. The number of oxime groups is 1. The summed E-state index contributed by atoms with van der Waals surface area (Å²) in [7, 11) is 1.40. The largest absolute Gasteiger partial charge is 0.496 e. The Morgan fingerprint density at radius 2 is 2.00 bits per heavy atom. The lowest BCUT2D eigenvalue weighted by atomic mass is 10.1.